The van der Waals surface area contributed by atoms with Crippen molar-refractivity contribution in [3.8, 4) is 0 Å². The Hall–Kier alpha value is 0.0649. The first-order chi connectivity index (χ1) is 7.86. The summed E-state index contributed by atoms with van der Waals surface area (Å²) in [6.07, 6.45) is 15.5. The highest BCUT2D eigenvalue weighted by atomic mass is 14.3. The summed E-state index contributed by atoms with van der Waals surface area (Å²) in [5, 5.41) is 0. The van der Waals surface area contributed by atoms with Gasteiger partial charge in [-0.15, -0.1) is 0 Å². The molecule has 2 heterocycles. The predicted octanol–water partition coefficient (Wildman–Crippen LogP) is 5.17. The lowest BCUT2D eigenvalue weighted by Crippen LogP contribution is -2.41. The lowest BCUT2D eigenvalue weighted by atomic mass is 9.20. The van der Waals surface area contributed by atoms with Crippen molar-refractivity contribution < 1.29 is 0 Å². The van der Waals surface area contributed by atoms with Gasteiger partial charge in [-0.25, -0.2) is 0 Å². The Bertz CT molecular complexity index is 216. The average molecular weight is 218 g/mol. The van der Waals surface area contributed by atoms with E-state index in [-0.39, 0.29) is 0 Å². The van der Waals surface area contributed by atoms with Crippen LogP contribution in [0.2, 0.25) is 17.5 Å². The van der Waals surface area contributed by atoms with Gasteiger partial charge in [-0.05, 0) is 5.92 Å². The molecule has 0 amide bonds. The number of hydrogen-bond acceptors (Lipinski definition) is 0. The minimum absolute atomic E-state index is 1.04. The van der Waals surface area contributed by atoms with Crippen molar-refractivity contribution in [2.24, 2.45) is 5.92 Å². The molecule has 1 aliphatic carbocycles. The van der Waals surface area contributed by atoms with E-state index < -0.39 is 0 Å². The Morgan fingerprint density at radius 1 is 0.688 bits per heavy atom. The second kappa shape index (κ2) is 4.74. The molecular weight excluding hydrogens is 191 g/mol. The number of fused-ring (bicyclic) bond motifs is 2. The molecule has 1 saturated carbocycles. The molecule has 2 bridgehead atoms. The Morgan fingerprint density at radius 2 is 1.25 bits per heavy atom. The molecule has 0 unspecified atom stereocenters. The SMILES string of the molecule is C[C@H]1CCCC[C@@H]1B1C2CCCC1CCC2. The van der Waals surface area contributed by atoms with E-state index in [1.165, 1.54) is 19.3 Å². The average Bonchev–Trinajstić information content (AvgIpc) is 2.28. The van der Waals surface area contributed by atoms with E-state index in [0.717, 1.165) is 30.1 Å². The summed E-state index contributed by atoms with van der Waals surface area (Å²) in [6, 6.07) is 0. The van der Waals surface area contributed by atoms with Crippen LogP contribution in [0.15, 0.2) is 0 Å². The summed E-state index contributed by atoms with van der Waals surface area (Å²) >= 11 is 0. The quantitative estimate of drug-likeness (QED) is 0.532. The van der Waals surface area contributed by atoms with Gasteiger partial charge in [-0.3, -0.25) is 0 Å². The zero-order valence-corrected chi connectivity index (χ0v) is 11.0. The van der Waals surface area contributed by atoms with Crippen LogP contribution in [0.5, 0.6) is 0 Å². The molecule has 0 nitrogen and oxygen atoms in total. The third kappa shape index (κ3) is 1.95. The maximum absolute atomic E-state index is 2.55. The van der Waals surface area contributed by atoms with E-state index in [1.54, 1.807) is 44.9 Å². The van der Waals surface area contributed by atoms with Crippen molar-refractivity contribution in [1.82, 2.24) is 0 Å². The molecule has 3 fully saturated rings. The molecule has 3 rings (SSSR count). The van der Waals surface area contributed by atoms with Crippen molar-refractivity contribution in [3.63, 3.8) is 0 Å². The smallest absolute Gasteiger partial charge is 0.0629 e. The molecule has 90 valence electrons. The monoisotopic (exact) mass is 218 g/mol. The summed E-state index contributed by atoms with van der Waals surface area (Å²) in [5.74, 6) is 4.43. The van der Waals surface area contributed by atoms with Gasteiger partial charge < -0.3 is 0 Å². The van der Waals surface area contributed by atoms with Crippen molar-refractivity contribution >= 4 is 6.71 Å². The maximum atomic E-state index is 2.55. The second-order valence-corrected chi connectivity index (χ2v) is 6.88. The van der Waals surface area contributed by atoms with Gasteiger partial charge in [0.1, 0.15) is 6.71 Å². The fraction of sp³-hybridized carbons (Fsp3) is 1.00. The Labute approximate surface area is 102 Å². The Balaban J connectivity index is 1.75. The summed E-state index contributed by atoms with van der Waals surface area (Å²) in [6.45, 7) is 3.70. The van der Waals surface area contributed by atoms with E-state index >= 15 is 0 Å². The van der Waals surface area contributed by atoms with Gasteiger partial charge in [0, 0.05) is 0 Å². The number of rotatable bonds is 1. The van der Waals surface area contributed by atoms with Gasteiger partial charge in [-0.2, -0.15) is 0 Å². The van der Waals surface area contributed by atoms with E-state index in [9.17, 15) is 0 Å². The van der Waals surface area contributed by atoms with E-state index in [4.69, 9.17) is 0 Å². The molecule has 2 atom stereocenters. The van der Waals surface area contributed by atoms with Crippen molar-refractivity contribution in [2.45, 2.75) is 88.6 Å². The van der Waals surface area contributed by atoms with Crippen molar-refractivity contribution in [3.05, 3.63) is 0 Å². The molecule has 0 aromatic heterocycles. The molecule has 0 aromatic rings. The van der Waals surface area contributed by atoms with Crippen LogP contribution in [0.25, 0.3) is 0 Å². The Morgan fingerprint density at radius 3 is 1.81 bits per heavy atom. The van der Waals surface area contributed by atoms with E-state index in [0.29, 0.717) is 0 Å². The van der Waals surface area contributed by atoms with Crippen LogP contribution in [0.1, 0.15) is 71.1 Å². The van der Waals surface area contributed by atoms with E-state index in [2.05, 4.69) is 6.92 Å². The molecule has 0 spiro atoms. The summed E-state index contributed by atoms with van der Waals surface area (Å²) < 4.78 is 0. The zero-order valence-electron chi connectivity index (χ0n) is 11.0. The van der Waals surface area contributed by atoms with Gasteiger partial charge in [0.15, 0.2) is 0 Å². The molecule has 0 radical (unpaired) electrons. The molecular formula is C15H27B. The third-order valence-electron chi connectivity index (χ3n) is 6.06. The second-order valence-electron chi connectivity index (χ2n) is 6.88. The van der Waals surface area contributed by atoms with Crippen LogP contribution in [-0.2, 0) is 0 Å². The molecule has 0 N–H and O–H groups in total. The highest BCUT2D eigenvalue weighted by Gasteiger charge is 2.45. The third-order valence-corrected chi connectivity index (χ3v) is 6.06. The van der Waals surface area contributed by atoms with Crippen LogP contribution in [-0.4, -0.2) is 6.71 Å². The van der Waals surface area contributed by atoms with Crippen LogP contribution in [0.4, 0.5) is 0 Å². The van der Waals surface area contributed by atoms with Crippen molar-refractivity contribution in [2.75, 3.05) is 0 Å². The van der Waals surface area contributed by atoms with Crippen molar-refractivity contribution in [1.29, 1.82) is 0 Å². The Kier molecular flexibility index (Phi) is 3.31. The fourth-order valence-electron chi connectivity index (χ4n) is 5.34. The van der Waals surface area contributed by atoms with Gasteiger partial charge in [0.2, 0.25) is 0 Å². The first-order valence-corrected chi connectivity index (χ1v) is 7.86. The van der Waals surface area contributed by atoms with Gasteiger partial charge >= 0.3 is 0 Å². The number of hydrogen-bond donors (Lipinski definition) is 0. The lowest BCUT2D eigenvalue weighted by Gasteiger charge is -2.47. The normalized spacial score (nSPS) is 44.4. The van der Waals surface area contributed by atoms with E-state index in [1.807, 2.05) is 0 Å². The van der Waals surface area contributed by atoms with Gasteiger partial charge in [-0.1, -0.05) is 88.6 Å². The molecule has 1 heteroatoms. The first kappa shape index (κ1) is 11.2. The molecule has 2 saturated heterocycles. The minimum Gasteiger partial charge on any atom is -0.0629 e. The van der Waals surface area contributed by atoms with Crippen LogP contribution in [0.3, 0.4) is 0 Å². The molecule has 16 heavy (non-hydrogen) atoms. The molecule has 2 aliphatic heterocycles. The van der Waals surface area contributed by atoms with Crippen LogP contribution < -0.4 is 0 Å². The highest BCUT2D eigenvalue weighted by Crippen LogP contribution is 2.54. The molecule has 3 aliphatic rings. The van der Waals surface area contributed by atoms with Crippen LogP contribution >= 0.6 is 0 Å². The zero-order chi connectivity index (χ0) is 11.0. The molecule has 0 aromatic carbocycles. The van der Waals surface area contributed by atoms with Gasteiger partial charge in [0.05, 0.1) is 0 Å². The van der Waals surface area contributed by atoms with Crippen LogP contribution in [0, 0.1) is 5.92 Å². The topological polar surface area (TPSA) is 0 Å². The fourth-order valence-corrected chi connectivity index (χ4v) is 5.34. The summed E-state index contributed by atoms with van der Waals surface area (Å²) in [4.78, 5) is 0. The predicted molar refractivity (Wildman–Crippen MR) is 72.3 cm³/mol. The maximum Gasteiger partial charge on any atom is 0.149 e. The van der Waals surface area contributed by atoms with Gasteiger partial charge in [0.25, 0.3) is 0 Å². The lowest BCUT2D eigenvalue weighted by molar-refractivity contribution is 0.350. The summed E-state index contributed by atoms with van der Waals surface area (Å²) in [7, 11) is 0. The summed E-state index contributed by atoms with van der Waals surface area (Å²) in [5.41, 5.74) is 0. The highest BCUT2D eigenvalue weighted by molar-refractivity contribution is 6.64. The largest absolute Gasteiger partial charge is 0.149 e. The standard InChI is InChI=1S/C15H27B/c1-12-6-2-3-11-15(12)16-13-7-4-8-14(16)10-5-9-13/h12-15H,2-11H2,1H3/t12-,13?,14?,15-/m0/s1. The first-order valence-electron chi connectivity index (χ1n) is 7.86. The minimum atomic E-state index is 1.04.